The van der Waals surface area contributed by atoms with E-state index in [0.717, 1.165) is 5.56 Å². The van der Waals surface area contributed by atoms with Crippen molar-refractivity contribution in [1.29, 1.82) is 0 Å². The maximum Gasteiger partial charge on any atom is 0.305 e. The molecule has 7 heteroatoms. The number of nitrogens with zero attached hydrogens (tertiary/aromatic N) is 2. The van der Waals surface area contributed by atoms with Gasteiger partial charge in [0.15, 0.2) is 0 Å². The van der Waals surface area contributed by atoms with Crippen molar-refractivity contribution >= 4 is 23.0 Å². The number of pyridine rings is 1. The van der Waals surface area contributed by atoms with Gasteiger partial charge in [0, 0.05) is 18.5 Å². The molecule has 27 heavy (non-hydrogen) atoms. The van der Waals surface area contributed by atoms with Crippen LogP contribution in [0.25, 0.3) is 22.4 Å². The Morgan fingerprint density at radius 2 is 2.00 bits per heavy atom. The molecule has 0 aliphatic heterocycles. The van der Waals surface area contributed by atoms with Crippen LogP contribution in [0, 0.1) is 6.92 Å². The van der Waals surface area contributed by atoms with Gasteiger partial charge in [0.2, 0.25) is 0 Å². The fourth-order valence-electron chi connectivity index (χ4n) is 2.79. The zero-order valence-corrected chi connectivity index (χ0v) is 15.3. The summed E-state index contributed by atoms with van der Waals surface area (Å²) in [6.45, 7) is 4.26. The van der Waals surface area contributed by atoms with Crippen molar-refractivity contribution in [2.75, 3.05) is 13.2 Å². The van der Waals surface area contributed by atoms with E-state index in [9.17, 15) is 9.59 Å². The Morgan fingerprint density at radius 3 is 2.74 bits per heavy atom. The van der Waals surface area contributed by atoms with Crippen LogP contribution in [0.3, 0.4) is 0 Å². The minimum absolute atomic E-state index is 0.255. The summed E-state index contributed by atoms with van der Waals surface area (Å²) in [7, 11) is 0. The van der Waals surface area contributed by atoms with Crippen LogP contribution < -0.4 is 5.32 Å². The van der Waals surface area contributed by atoms with E-state index in [1.165, 1.54) is 0 Å². The van der Waals surface area contributed by atoms with Crippen LogP contribution in [0.2, 0.25) is 0 Å². The van der Waals surface area contributed by atoms with Crippen molar-refractivity contribution in [2.24, 2.45) is 0 Å². The minimum Gasteiger partial charge on any atom is -0.466 e. The van der Waals surface area contributed by atoms with Crippen molar-refractivity contribution in [3.05, 3.63) is 47.7 Å². The van der Waals surface area contributed by atoms with E-state index in [0.29, 0.717) is 47.6 Å². The number of carbonyl (C=O) groups is 2. The molecule has 0 aliphatic rings. The average molecular weight is 367 g/mol. The smallest absolute Gasteiger partial charge is 0.305 e. The predicted molar refractivity (Wildman–Crippen MR) is 100 cm³/mol. The lowest BCUT2D eigenvalue weighted by atomic mass is 10.1. The predicted octanol–water partition coefficient (Wildman–Crippen LogP) is 3.27. The third-order valence-corrected chi connectivity index (χ3v) is 4.08. The number of aromatic nitrogens is 2. The number of fused-ring (bicyclic) bond motifs is 1. The minimum atomic E-state index is -0.265. The molecule has 3 aromatic rings. The van der Waals surface area contributed by atoms with Crippen molar-refractivity contribution in [1.82, 2.24) is 15.5 Å². The third kappa shape index (κ3) is 4.31. The first-order valence-corrected chi connectivity index (χ1v) is 8.86. The molecule has 0 atom stereocenters. The lowest BCUT2D eigenvalue weighted by Gasteiger charge is -2.08. The summed E-state index contributed by atoms with van der Waals surface area (Å²) in [5, 5.41) is 7.37. The molecule has 2 heterocycles. The SMILES string of the molecule is CCOC(=O)CCCNC(=O)c1cc(-c2ccccc2)nc2onc(C)c12. The number of benzene rings is 1. The molecule has 1 aromatic carbocycles. The summed E-state index contributed by atoms with van der Waals surface area (Å²) >= 11 is 0. The van der Waals surface area contributed by atoms with Crippen molar-refractivity contribution in [2.45, 2.75) is 26.7 Å². The highest BCUT2D eigenvalue weighted by molar-refractivity contribution is 6.07. The summed E-state index contributed by atoms with van der Waals surface area (Å²) in [5.74, 6) is -0.519. The van der Waals surface area contributed by atoms with E-state index >= 15 is 0 Å². The summed E-state index contributed by atoms with van der Waals surface area (Å²) < 4.78 is 10.2. The maximum atomic E-state index is 12.7. The fourth-order valence-corrected chi connectivity index (χ4v) is 2.79. The molecule has 0 unspecified atom stereocenters. The van der Waals surface area contributed by atoms with E-state index < -0.39 is 0 Å². The molecule has 1 amide bonds. The van der Waals surface area contributed by atoms with E-state index in [2.05, 4.69) is 15.5 Å². The molecule has 0 saturated carbocycles. The number of nitrogens with one attached hydrogen (secondary N) is 1. The van der Waals surface area contributed by atoms with Crippen LogP contribution in [0.5, 0.6) is 0 Å². The first-order chi connectivity index (χ1) is 13.1. The van der Waals surface area contributed by atoms with Crippen LogP contribution in [-0.4, -0.2) is 35.2 Å². The molecule has 2 aromatic heterocycles. The molecule has 0 aliphatic carbocycles. The van der Waals surface area contributed by atoms with Crippen molar-refractivity contribution in [3.8, 4) is 11.3 Å². The van der Waals surface area contributed by atoms with Gasteiger partial charge in [-0.25, -0.2) is 4.98 Å². The zero-order chi connectivity index (χ0) is 19.2. The number of esters is 1. The maximum absolute atomic E-state index is 12.7. The number of hydrogen-bond acceptors (Lipinski definition) is 6. The largest absolute Gasteiger partial charge is 0.466 e. The summed E-state index contributed by atoms with van der Waals surface area (Å²) in [6, 6.07) is 11.3. The van der Waals surface area contributed by atoms with E-state index in [4.69, 9.17) is 9.26 Å². The summed E-state index contributed by atoms with van der Waals surface area (Å²) in [4.78, 5) is 28.6. The van der Waals surface area contributed by atoms with Gasteiger partial charge in [0.05, 0.1) is 28.9 Å². The molecule has 0 saturated heterocycles. The van der Waals surface area contributed by atoms with E-state index in [-0.39, 0.29) is 18.3 Å². The van der Waals surface area contributed by atoms with Crippen LogP contribution in [0.15, 0.2) is 40.9 Å². The van der Waals surface area contributed by atoms with Crippen LogP contribution in [-0.2, 0) is 9.53 Å². The van der Waals surface area contributed by atoms with Gasteiger partial charge in [0.1, 0.15) is 0 Å². The molecule has 1 N–H and O–H groups in total. The first kappa shape index (κ1) is 18.6. The highest BCUT2D eigenvalue weighted by Crippen LogP contribution is 2.26. The van der Waals surface area contributed by atoms with Gasteiger partial charge in [-0.1, -0.05) is 35.5 Å². The normalized spacial score (nSPS) is 10.7. The van der Waals surface area contributed by atoms with Crippen LogP contribution >= 0.6 is 0 Å². The van der Waals surface area contributed by atoms with Crippen molar-refractivity contribution < 1.29 is 18.8 Å². The van der Waals surface area contributed by atoms with Gasteiger partial charge in [0.25, 0.3) is 11.6 Å². The van der Waals surface area contributed by atoms with Crippen molar-refractivity contribution in [3.63, 3.8) is 0 Å². The molecular formula is C20H21N3O4. The Bertz CT molecular complexity index is 951. The summed E-state index contributed by atoms with van der Waals surface area (Å²) in [5.41, 5.74) is 2.90. The number of ether oxygens (including phenoxy) is 1. The highest BCUT2D eigenvalue weighted by Gasteiger charge is 2.19. The molecule has 7 nitrogen and oxygen atoms in total. The molecule has 0 radical (unpaired) electrons. The monoisotopic (exact) mass is 367 g/mol. The lowest BCUT2D eigenvalue weighted by molar-refractivity contribution is -0.143. The Morgan fingerprint density at radius 1 is 1.22 bits per heavy atom. The van der Waals surface area contributed by atoms with Gasteiger partial charge < -0.3 is 14.6 Å². The van der Waals surface area contributed by atoms with Gasteiger partial charge in [-0.2, -0.15) is 0 Å². The van der Waals surface area contributed by atoms with Crippen LogP contribution in [0.4, 0.5) is 0 Å². The Balaban J connectivity index is 1.81. The Kier molecular flexibility index (Phi) is 5.80. The number of rotatable bonds is 7. The fraction of sp³-hybridized carbons (Fsp3) is 0.300. The van der Waals surface area contributed by atoms with Crippen LogP contribution in [0.1, 0.15) is 35.8 Å². The van der Waals surface area contributed by atoms with Gasteiger partial charge in [-0.05, 0) is 26.3 Å². The van der Waals surface area contributed by atoms with Gasteiger partial charge in [-0.15, -0.1) is 0 Å². The van der Waals surface area contributed by atoms with E-state index in [1.807, 2.05) is 30.3 Å². The van der Waals surface area contributed by atoms with Gasteiger partial charge >= 0.3 is 5.97 Å². The average Bonchev–Trinajstić information content (AvgIpc) is 3.06. The number of aryl methyl sites for hydroxylation is 1. The molecule has 3 rings (SSSR count). The molecular weight excluding hydrogens is 346 g/mol. The topological polar surface area (TPSA) is 94.3 Å². The van der Waals surface area contributed by atoms with Gasteiger partial charge in [-0.3, -0.25) is 9.59 Å². The Hall–Kier alpha value is -3.22. The molecule has 140 valence electrons. The lowest BCUT2D eigenvalue weighted by Crippen LogP contribution is -2.25. The first-order valence-electron chi connectivity index (χ1n) is 8.86. The highest BCUT2D eigenvalue weighted by atomic mass is 16.5. The van der Waals surface area contributed by atoms with E-state index in [1.54, 1.807) is 19.9 Å². The number of hydrogen-bond donors (Lipinski definition) is 1. The second kappa shape index (κ2) is 8.44. The Labute approximate surface area is 156 Å². The zero-order valence-electron chi connectivity index (χ0n) is 15.3. The molecule has 0 spiro atoms. The standard InChI is InChI=1S/C20H21N3O4/c1-3-26-17(24)10-7-11-21-19(25)15-12-16(14-8-5-4-6-9-14)22-20-18(15)13(2)23-27-20/h4-6,8-9,12H,3,7,10-11H2,1-2H3,(H,21,25). The molecule has 0 fully saturated rings. The molecule has 0 bridgehead atoms. The summed E-state index contributed by atoms with van der Waals surface area (Å²) in [6.07, 6.45) is 0.772. The third-order valence-electron chi connectivity index (χ3n) is 4.08. The number of carbonyl (C=O) groups excluding carboxylic acids is 2. The second-order valence-electron chi connectivity index (χ2n) is 6.03. The number of amides is 1. The quantitative estimate of drug-likeness (QED) is 0.509. The second-order valence-corrected chi connectivity index (χ2v) is 6.03.